The molecule has 4 aromatic rings. The van der Waals surface area contributed by atoms with E-state index in [9.17, 15) is 9.18 Å². The molecule has 0 aliphatic carbocycles. The van der Waals surface area contributed by atoms with Gasteiger partial charge in [0.2, 0.25) is 5.52 Å². The Morgan fingerprint density at radius 2 is 1.79 bits per heavy atom. The van der Waals surface area contributed by atoms with E-state index < -0.39 is 0 Å². The van der Waals surface area contributed by atoms with Crippen LogP contribution in [0.25, 0.3) is 17.0 Å². The maximum absolute atomic E-state index is 13.3. The van der Waals surface area contributed by atoms with Gasteiger partial charge in [-0.25, -0.2) is 4.39 Å². The van der Waals surface area contributed by atoms with Gasteiger partial charge in [-0.3, -0.25) is 4.79 Å². The summed E-state index contributed by atoms with van der Waals surface area (Å²) in [6, 6.07) is 25.5. The summed E-state index contributed by atoms with van der Waals surface area (Å²) in [6.07, 6.45) is 9.60. The Morgan fingerprint density at radius 1 is 1.03 bits per heavy atom. The maximum Gasteiger partial charge on any atom is 0.305 e. The van der Waals surface area contributed by atoms with E-state index in [-0.39, 0.29) is 28.8 Å². The number of pyridine rings is 1. The van der Waals surface area contributed by atoms with E-state index in [1.807, 2.05) is 31.2 Å². The molecule has 1 aliphatic heterocycles. The third kappa shape index (κ3) is 6.97. The highest BCUT2D eigenvalue weighted by Gasteiger charge is 2.24. The molecule has 2 heterocycles. The molecule has 39 heavy (non-hydrogen) atoms. The van der Waals surface area contributed by atoms with Crippen molar-refractivity contribution in [1.82, 2.24) is 0 Å². The zero-order valence-electron chi connectivity index (χ0n) is 21.7. The topological polar surface area (TPSA) is 33.4 Å². The number of rotatable bonds is 9. The number of para-hydroxylation sites is 2. The molecule has 0 saturated carbocycles. The number of hydrogen-bond acceptors (Lipinski definition) is 4. The molecule has 3 aromatic carbocycles. The highest BCUT2D eigenvalue weighted by atomic mass is 79.9. The molecule has 5 rings (SSSR count). The van der Waals surface area contributed by atoms with Gasteiger partial charge >= 0.3 is 5.97 Å². The summed E-state index contributed by atoms with van der Waals surface area (Å²) >= 11 is 1.75. The molecule has 1 aliphatic rings. The molecule has 4 nitrogen and oxygen atoms in total. The van der Waals surface area contributed by atoms with Gasteiger partial charge in [0.15, 0.2) is 12.7 Å². The number of allylic oxidation sites excluding steroid dienone is 2. The molecular formula is C32H30BrFN2O2S. The van der Waals surface area contributed by atoms with Crippen molar-refractivity contribution in [2.75, 3.05) is 18.1 Å². The number of thioether (sulfide) groups is 1. The third-order valence-electron chi connectivity index (χ3n) is 6.44. The van der Waals surface area contributed by atoms with Crippen molar-refractivity contribution in [2.24, 2.45) is 0 Å². The van der Waals surface area contributed by atoms with Crippen molar-refractivity contribution in [3.8, 4) is 0 Å². The number of fused-ring (bicyclic) bond motifs is 2. The average molecular weight is 606 g/mol. The molecule has 0 spiro atoms. The monoisotopic (exact) mass is 604 g/mol. The first-order valence-corrected chi connectivity index (χ1v) is 13.7. The first kappa shape index (κ1) is 28.6. The van der Waals surface area contributed by atoms with E-state index in [0.717, 1.165) is 40.0 Å². The second-order valence-electron chi connectivity index (χ2n) is 9.04. The zero-order chi connectivity index (χ0) is 26.3. The van der Waals surface area contributed by atoms with Crippen LogP contribution in [0.15, 0.2) is 107 Å². The first-order chi connectivity index (χ1) is 18.6. The van der Waals surface area contributed by atoms with Crippen molar-refractivity contribution < 1.29 is 35.5 Å². The van der Waals surface area contributed by atoms with Gasteiger partial charge in [0, 0.05) is 35.6 Å². The second kappa shape index (κ2) is 13.6. The number of ether oxygens (including phenoxy) is 1. The Labute approximate surface area is 243 Å². The SMILES string of the molecule is CCOC(=O)CCCN1/C(=C/C=C/c2cc[n+](Cc3ccc(F)cc3)c3ccccc23)Sc2ccccc21.[Br-]. The van der Waals surface area contributed by atoms with Crippen LogP contribution >= 0.6 is 11.8 Å². The quantitative estimate of drug-likeness (QED) is 0.212. The molecule has 0 radical (unpaired) electrons. The van der Waals surface area contributed by atoms with E-state index >= 15 is 0 Å². The smallest absolute Gasteiger partial charge is 0.305 e. The summed E-state index contributed by atoms with van der Waals surface area (Å²) in [5.41, 5.74) is 4.47. The molecule has 0 atom stereocenters. The van der Waals surface area contributed by atoms with Gasteiger partial charge in [-0.1, -0.05) is 48.2 Å². The lowest BCUT2D eigenvalue weighted by Gasteiger charge is -2.20. The summed E-state index contributed by atoms with van der Waals surface area (Å²) in [7, 11) is 0. The van der Waals surface area contributed by atoms with Gasteiger partial charge in [0.1, 0.15) is 5.82 Å². The van der Waals surface area contributed by atoms with Crippen LogP contribution in [0.1, 0.15) is 30.9 Å². The molecule has 200 valence electrons. The van der Waals surface area contributed by atoms with E-state index in [2.05, 4.69) is 76.4 Å². The Morgan fingerprint density at radius 3 is 2.62 bits per heavy atom. The van der Waals surface area contributed by atoms with E-state index in [0.29, 0.717) is 19.6 Å². The Bertz CT molecular complexity index is 1500. The lowest BCUT2D eigenvalue weighted by Crippen LogP contribution is -3.00. The van der Waals surface area contributed by atoms with Gasteiger partial charge < -0.3 is 26.6 Å². The van der Waals surface area contributed by atoms with Crippen molar-refractivity contribution in [2.45, 2.75) is 31.2 Å². The number of halogens is 2. The van der Waals surface area contributed by atoms with E-state index in [4.69, 9.17) is 4.74 Å². The van der Waals surface area contributed by atoms with Gasteiger partial charge in [-0.15, -0.1) is 0 Å². The fraction of sp³-hybridized carbons (Fsp3) is 0.188. The number of benzene rings is 3. The average Bonchev–Trinajstić information content (AvgIpc) is 3.28. The lowest BCUT2D eigenvalue weighted by atomic mass is 10.1. The minimum Gasteiger partial charge on any atom is -1.00 e. The molecule has 0 amide bonds. The van der Waals surface area contributed by atoms with Crippen LogP contribution in [-0.2, 0) is 16.1 Å². The van der Waals surface area contributed by atoms with Gasteiger partial charge in [-0.05, 0) is 67.4 Å². The van der Waals surface area contributed by atoms with E-state index in [1.54, 1.807) is 11.8 Å². The maximum atomic E-state index is 13.3. The predicted molar refractivity (Wildman–Crippen MR) is 152 cm³/mol. The van der Waals surface area contributed by atoms with Crippen LogP contribution < -0.4 is 26.4 Å². The van der Waals surface area contributed by atoms with E-state index in [1.165, 1.54) is 22.7 Å². The Balaban J connectivity index is 0.00000353. The molecule has 0 bridgehead atoms. The van der Waals surface area contributed by atoms with Crippen molar-refractivity contribution in [1.29, 1.82) is 0 Å². The van der Waals surface area contributed by atoms with Crippen molar-refractivity contribution in [3.63, 3.8) is 0 Å². The van der Waals surface area contributed by atoms with Crippen LogP contribution in [0.5, 0.6) is 0 Å². The summed E-state index contributed by atoms with van der Waals surface area (Å²) < 4.78 is 20.6. The number of carbonyl (C=O) groups is 1. The van der Waals surface area contributed by atoms with Gasteiger partial charge in [-0.2, -0.15) is 4.57 Å². The molecule has 0 fully saturated rings. The summed E-state index contributed by atoms with van der Waals surface area (Å²) in [4.78, 5) is 15.3. The Hall–Kier alpha value is -3.42. The number of esters is 1. The minimum atomic E-state index is -0.223. The molecule has 0 saturated heterocycles. The van der Waals surface area contributed by atoms with Crippen LogP contribution in [-0.4, -0.2) is 19.1 Å². The molecule has 0 N–H and O–H groups in total. The number of hydrogen-bond donors (Lipinski definition) is 0. The lowest BCUT2D eigenvalue weighted by molar-refractivity contribution is -0.662. The molecular weight excluding hydrogens is 575 g/mol. The number of nitrogens with zero attached hydrogens (tertiary/aromatic N) is 2. The highest BCUT2D eigenvalue weighted by molar-refractivity contribution is 8.03. The first-order valence-electron chi connectivity index (χ1n) is 12.9. The highest BCUT2D eigenvalue weighted by Crippen LogP contribution is 2.45. The van der Waals surface area contributed by atoms with Crippen LogP contribution in [0.2, 0.25) is 0 Å². The van der Waals surface area contributed by atoms with Gasteiger partial charge in [0.25, 0.3) is 0 Å². The number of aromatic nitrogens is 1. The summed E-state index contributed by atoms with van der Waals surface area (Å²) in [6.45, 7) is 3.67. The Kier molecular flexibility index (Phi) is 9.96. The minimum absolute atomic E-state index is 0. The van der Waals surface area contributed by atoms with Crippen LogP contribution in [0.4, 0.5) is 10.1 Å². The standard InChI is InChI=1S/C32H30FN2O2S.BrH/c1-2-37-32(36)15-8-21-35-29-12-5-6-13-30(29)38-31(35)14-7-9-25-20-22-34(28-11-4-3-10-27(25)28)23-24-16-18-26(33)19-17-24;/h3-7,9-14,16-20,22H,2,8,15,21,23H2,1H3;1H/q+1;/p-1. The van der Waals surface area contributed by atoms with Gasteiger partial charge in [0.05, 0.1) is 22.7 Å². The number of anilines is 1. The largest absolute Gasteiger partial charge is 1.00 e. The fourth-order valence-electron chi connectivity index (χ4n) is 4.63. The third-order valence-corrected chi connectivity index (χ3v) is 7.57. The van der Waals surface area contributed by atoms with Crippen LogP contribution in [0.3, 0.4) is 0 Å². The summed E-state index contributed by atoms with van der Waals surface area (Å²) in [5.74, 6) is -0.370. The molecule has 1 aromatic heterocycles. The van der Waals surface area contributed by atoms with Crippen LogP contribution in [0, 0.1) is 5.82 Å². The molecule has 7 heteroatoms. The summed E-state index contributed by atoms with van der Waals surface area (Å²) in [5, 5.41) is 2.29. The molecule has 0 unspecified atom stereocenters. The normalized spacial score (nSPS) is 13.6. The van der Waals surface area contributed by atoms with Crippen molar-refractivity contribution >= 4 is 40.4 Å². The second-order valence-corrected chi connectivity index (χ2v) is 10.1. The van der Waals surface area contributed by atoms with Crippen molar-refractivity contribution in [3.05, 3.63) is 119 Å². The predicted octanol–water partition coefficient (Wildman–Crippen LogP) is 4.13. The fourth-order valence-corrected chi connectivity index (χ4v) is 5.74. The zero-order valence-corrected chi connectivity index (χ0v) is 24.1. The number of carbonyl (C=O) groups excluding carboxylic acids is 1.